The Balaban J connectivity index is 1.97. The monoisotopic (exact) mass is 546 g/mol. The number of aliphatic hydroxyl groups is 2. The van der Waals surface area contributed by atoms with Crippen LogP contribution in [0.15, 0.2) is 54.7 Å². The first kappa shape index (κ1) is 27.6. The van der Waals surface area contributed by atoms with Crippen LogP contribution in [-0.4, -0.2) is 45.6 Å². The molecule has 6 nitrogen and oxygen atoms in total. The summed E-state index contributed by atoms with van der Waals surface area (Å²) in [5.74, 6) is -0.740. The lowest BCUT2D eigenvalue weighted by Gasteiger charge is -2.44. The van der Waals surface area contributed by atoms with Gasteiger partial charge in [-0.3, -0.25) is 14.7 Å². The van der Waals surface area contributed by atoms with E-state index in [2.05, 4.69) is 4.98 Å². The number of benzene rings is 2. The third-order valence-electron chi connectivity index (χ3n) is 6.63. The van der Waals surface area contributed by atoms with Gasteiger partial charge in [-0.1, -0.05) is 35.3 Å². The zero-order valence-electron chi connectivity index (χ0n) is 20.8. The van der Waals surface area contributed by atoms with E-state index >= 15 is 4.39 Å². The highest BCUT2D eigenvalue weighted by atomic mass is 35.5. The van der Waals surface area contributed by atoms with E-state index in [9.17, 15) is 15.0 Å². The van der Waals surface area contributed by atoms with Gasteiger partial charge in [0.25, 0.3) is 0 Å². The van der Waals surface area contributed by atoms with Crippen molar-refractivity contribution in [2.24, 2.45) is 0 Å². The Morgan fingerprint density at radius 2 is 1.76 bits per heavy atom. The summed E-state index contributed by atoms with van der Waals surface area (Å²) in [6, 6.07) is 12.8. The summed E-state index contributed by atoms with van der Waals surface area (Å²) in [5.41, 5.74) is -2.77. The smallest absolute Gasteiger partial charge is 0.177 e. The quantitative estimate of drug-likeness (QED) is 0.260. The molecule has 1 aromatic heterocycles. The van der Waals surface area contributed by atoms with Gasteiger partial charge in [0.2, 0.25) is 0 Å². The van der Waals surface area contributed by atoms with E-state index in [1.807, 2.05) is 0 Å². The summed E-state index contributed by atoms with van der Waals surface area (Å²) in [5, 5.41) is 22.2. The molecule has 3 aromatic rings. The molecule has 2 aromatic carbocycles. The van der Waals surface area contributed by atoms with Crippen molar-refractivity contribution in [2.75, 3.05) is 13.7 Å². The van der Waals surface area contributed by atoms with Crippen molar-refractivity contribution < 1.29 is 24.1 Å². The van der Waals surface area contributed by atoms with E-state index in [-0.39, 0.29) is 29.8 Å². The van der Waals surface area contributed by atoms with Crippen LogP contribution in [0.5, 0.6) is 0 Å². The Bertz CT molecular complexity index is 1280. The van der Waals surface area contributed by atoms with Crippen molar-refractivity contribution in [3.05, 3.63) is 98.5 Å². The highest BCUT2D eigenvalue weighted by Gasteiger charge is 2.49. The topological polar surface area (TPSA) is 82.9 Å². The first-order chi connectivity index (χ1) is 17.4. The Labute approximate surface area is 225 Å². The minimum Gasteiger partial charge on any atom is -0.387 e. The number of hydrogen-bond donors (Lipinski definition) is 2. The molecule has 2 N–H and O–H groups in total. The van der Waals surface area contributed by atoms with Crippen LogP contribution in [0.2, 0.25) is 10.0 Å². The van der Waals surface area contributed by atoms with Crippen LogP contribution >= 0.6 is 23.2 Å². The molecule has 37 heavy (non-hydrogen) atoms. The van der Waals surface area contributed by atoms with Crippen molar-refractivity contribution in [1.82, 2.24) is 9.88 Å². The molecule has 1 heterocycles. The first-order valence-corrected chi connectivity index (χ1v) is 12.6. The number of rotatable bonds is 10. The first-order valence-electron chi connectivity index (χ1n) is 11.8. The van der Waals surface area contributed by atoms with Crippen LogP contribution in [-0.2, 0) is 22.6 Å². The summed E-state index contributed by atoms with van der Waals surface area (Å²) in [7, 11) is 1.72. The Morgan fingerprint density at radius 1 is 1.11 bits per heavy atom. The van der Waals surface area contributed by atoms with Gasteiger partial charge >= 0.3 is 0 Å². The second-order valence-electron chi connectivity index (χ2n) is 10.1. The van der Waals surface area contributed by atoms with Gasteiger partial charge in [-0.05, 0) is 75.7 Å². The zero-order valence-corrected chi connectivity index (χ0v) is 22.4. The van der Waals surface area contributed by atoms with E-state index in [0.717, 1.165) is 0 Å². The molecule has 1 saturated carbocycles. The molecule has 1 fully saturated rings. The predicted molar refractivity (Wildman–Crippen MR) is 140 cm³/mol. The van der Waals surface area contributed by atoms with Crippen molar-refractivity contribution in [2.45, 2.75) is 50.2 Å². The molecule has 0 bridgehead atoms. The SMILES string of the molecule is CN(Cc1ccc(Cl)cn1)[C@@](OCC1(O)CC1)(c1ccc(Cl)cc1)c1c(F)cc(C(C)(C)O)cc1C=O. The van der Waals surface area contributed by atoms with Crippen molar-refractivity contribution >= 4 is 29.5 Å². The van der Waals surface area contributed by atoms with Gasteiger partial charge in [0.05, 0.1) is 28.5 Å². The number of aldehydes is 1. The summed E-state index contributed by atoms with van der Waals surface area (Å²) in [6.45, 7) is 3.11. The molecule has 0 aliphatic heterocycles. The molecule has 0 unspecified atom stereocenters. The Hall–Kier alpha value is -2.39. The maximum absolute atomic E-state index is 16.2. The minimum absolute atomic E-state index is 0.00535. The number of hydrogen-bond acceptors (Lipinski definition) is 6. The van der Waals surface area contributed by atoms with Crippen LogP contribution in [0, 0.1) is 5.82 Å². The van der Waals surface area contributed by atoms with Gasteiger partial charge in [-0.2, -0.15) is 0 Å². The second kappa shape index (κ2) is 10.4. The van der Waals surface area contributed by atoms with Crippen LogP contribution < -0.4 is 0 Å². The molecule has 196 valence electrons. The number of carbonyl (C=O) groups excluding carboxylic acids is 1. The van der Waals surface area contributed by atoms with E-state index in [0.29, 0.717) is 40.4 Å². The molecule has 1 atom stereocenters. The van der Waals surface area contributed by atoms with Gasteiger partial charge < -0.3 is 14.9 Å². The minimum atomic E-state index is -1.66. The molecular formula is C28H29Cl2FN2O4. The number of halogens is 3. The van der Waals surface area contributed by atoms with Crippen molar-refractivity contribution in [3.63, 3.8) is 0 Å². The van der Waals surface area contributed by atoms with Gasteiger partial charge in [0, 0.05) is 34.5 Å². The summed E-state index contributed by atoms with van der Waals surface area (Å²) in [4.78, 5) is 18.5. The number of nitrogens with zero attached hydrogens (tertiary/aromatic N) is 2. The van der Waals surface area contributed by atoms with Crippen LogP contribution in [0.3, 0.4) is 0 Å². The largest absolute Gasteiger partial charge is 0.387 e. The standard InChI is InChI=1S/C28H29Cl2FN2O4/c1-26(2,35)20-12-18(16-34)25(24(31)13-20)28(37-17-27(36)10-11-27,19-4-6-21(29)7-5-19)33(3)15-23-9-8-22(30)14-32-23/h4-9,12-14,16,35-36H,10-11,15,17H2,1-3H3/t28-/m1/s1. The van der Waals surface area contributed by atoms with Gasteiger partial charge in [0.1, 0.15) is 5.82 Å². The normalized spacial score (nSPS) is 16.5. The molecule has 1 aliphatic carbocycles. The lowest BCUT2D eigenvalue weighted by Crippen LogP contribution is -2.49. The lowest BCUT2D eigenvalue weighted by molar-refractivity contribution is -0.154. The number of aromatic nitrogens is 1. The third-order valence-corrected chi connectivity index (χ3v) is 7.11. The van der Waals surface area contributed by atoms with Crippen LogP contribution in [0.4, 0.5) is 4.39 Å². The third kappa shape index (κ3) is 5.87. The van der Waals surface area contributed by atoms with Crippen LogP contribution in [0.1, 0.15) is 59.4 Å². The van der Waals surface area contributed by atoms with Crippen molar-refractivity contribution in [3.8, 4) is 0 Å². The fourth-order valence-electron chi connectivity index (χ4n) is 4.31. The highest BCUT2D eigenvalue weighted by molar-refractivity contribution is 6.30. The molecule has 0 amide bonds. The van der Waals surface area contributed by atoms with Gasteiger partial charge in [-0.15, -0.1) is 0 Å². The van der Waals surface area contributed by atoms with Crippen molar-refractivity contribution in [1.29, 1.82) is 0 Å². The average Bonchev–Trinajstić information content (AvgIpc) is 3.58. The Morgan fingerprint density at radius 3 is 2.30 bits per heavy atom. The molecular weight excluding hydrogens is 518 g/mol. The predicted octanol–water partition coefficient (Wildman–Crippen LogP) is 5.44. The second-order valence-corrected chi connectivity index (χ2v) is 11.0. The highest BCUT2D eigenvalue weighted by Crippen LogP contribution is 2.45. The van der Waals surface area contributed by atoms with E-state index in [1.54, 1.807) is 48.3 Å². The summed E-state index contributed by atoms with van der Waals surface area (Å²) in [6.07, 6.45) is 3.15. The van der Waals surface area contributed by atoms with E-state index in [1.165, 1.54) is 32.2 Å². The Kier molecular flexibility index (Phi) is 7.77. The number of pyridine rings is 1. The molecule has 0 radical (unpaired) electrons. The van der Waals surface area contributed by atoms with Crippen LogP contribution in [0.25, 0.3) is 0 Å². The maximum atomic E-state index is 16.2. The fourth-order valence-corrected chi connectivity index (χ4v) is 4.55. The summed E-state index contributed by atoms with van der Waals surface area (Å²) >= 11 is 12.2. The number of carbonyl (C=O) groups is 1. The molecule has 4 rings (SSSR count). The summed E-state index contributed by atoms with van der Waals surface area (Å²) < 4.78 is 22.7. The molecule has 1 aliphatic rings. The maximum Gasteiger partial charge on any atom is 0.177 e. The van der Waals surface area contributed by atoms with Gasteiger partial charge in [-0.25, -0.2) is 4.39 Å². The van der Waals surface area contributed by atoms with E-state index < -0.39 is 22.7 Å². The molecule has 0 spiro atoms. The lowest BCUT2D eigenvalue weighted by atomic mass is 9.85. The molecule has 0 saturated heterocycles. The van der Waals surface area contributed by atoms with Gasteiger partial charge in [0.15, 0.2) is 12.0 Å². The molecule has 9 heteroatoms. The average molecular weight is 547 g/mol. The number of ether oxygens (including phenoxy) is 1. The van der Waals surface area contributed by atoms with E-state index in [4.69, 9.17) is 27.9 Å². The fraction of sp³-hybridized carbons (Fsp3) is 0.357. The zero-order chi connectivity index (χ0) is 27.0.